The van der Waals surface area contributed by atoms with E-state index < -0.39 is 12.0 Å². The Bertz CT molecular complexity index is 572. The second-order valence-corrected chi connectivity index (χ2v) is 4.43. The molecule has 0 saturated carbocycles. The van der Waals surface area contributed by atoms with Crippen molar-refractivity contribution in [1.82, 2.24) is 0 Å². The van der Waals surface area contributed by atoms with Crippen molar-refractivity contribution >= 4 is 5.91 Å². The van der Waals surface area contributed by atoms with Crippen molar-refractivity contribution in [2.45, 2.75) is 12.6 Å². The van der Waals surface area contributed by atoms with Gasteiger partial charge in [0.15, 0.2) is 18.9 Å². The van der Waals surface area contributed by atoms with Gasteiger partial charge >= 0.3 is 0 Å². The number of para-hydroxylation sites is 1. The molecule has 1 aromatic carbocycles. The lowest BCUT2D eigenvalue weighted by molar-refractivity contribution is -0.703. The minimum Gasteiger partial charge on any atom is -0.491 e. The van der Waals surface area contributed by atoms with Crippen LogP contribution < -0.4 is 15.0 Å². The zero-order chi connectivity index (χ0) is 14.4. The lowest BCUT2D eigenvalue weighted by atomic mass is 10.2. The molecule has 0 spiro atoms. The molecule has 5 heteroatoms. The summed E-state index contributed by atoms with van der Waals surface area (Å²) in [6.45, 7) is 0.506. The zero-order valence-electron chi connectivity index (χ0n) is 11.0. The molecule has 1 aromatic heterocycles. The standard InChI is InChI=1S/C15H16N2O3/c16-15(19)12-5-4-8-17(9-12)10-13(18)11-20-14-6-2-1-3-7-14/h1-9,13,18H,10-11H2,(H-,16,19)/p+1/t13-/m1/s1. The van der Waals surface area contributed by atoms with Crippen LogP contribution in [0.4, 0.5) is 0 Å². The Morgan fingerprint density at radius 3 is 2.70 bits per heavy atom. The molecular weight excluding hydrogens is 256 g/mol. The molecule has 3 N–H and O–H groups in total. The summed E-state index contributed by atoms with van der Waals surface area (Å²) in [5.74, 6) is 0.219. The van der Waals surface area contributed by atoms with Gasteiger partial charge in [-0.25, -0.2) is 4.57 Å². The van der Waals surface area contributed by atoms with E-state index in [1.54, 1.807) is 29.1 Å². The van der Waals surface area contributed by atoms with Gasteiger partial charge in [-0.15, -0.1) is 0 Å². The summed E-state index contributed by atoms with van der Waals surface area (Å²) < 4.78 is 7.17. The topological polar surface area (TPSA) is 76.4 Å². The number of hydrogen-bond donors (Lipinski definition) is 2. The monoisotopic (exact) mass is 273 g/mol. The van der Waals surface area contributed by atoms with Crippen molar-refractivity contribution in [2.24, 2.45) is 5.73 Å². The van der Waals surface area contributed by atoms with Crippen LogP contribution in [-0.2, 0) is 6.54 Å². The summed E-state index contributed by atoms with van der Waals surface area (Å²) in [4.78, 5) is 11.1. The van der Waals surface area contributed by atoms with Crippen LogP contribution in [0, 0.1) is 0 Å². The van der Waals surface area contributed by atoms with Crippen LogP contribution >= 0.6 is 0 Å². The summed E-state index contributed by atoms with van der Waals surface area (Å²) >= 11 is 0. The van der Waals surface area contributed by atoms with Gasteiger partial charge in [-0.1, -0.05) is 18.2 Å². The van der Waals surface area contributed by atoms with E-state index >= 15 is 0 Å². The molecule has 2 aromatic rings. The van der Waals surface area contributed by atoms with E-state index in [0.717, 1.165) is 0 Å². The molecule has 0 fully saturated rings. The van der Waals surface area contributed by atoms with Crippen LogP contribution in [-0.4, -0.2) is 23.7 Å². The van der Waals surface area contributed by atoms with E-state index in [1.165, 1.54) is 0 Å². The highest BCUT2D eigenvalue weighted by molar-refractivity contribution is 5.92. The molecule has 104 valence electrons. The summed E-state index contributed by atoms with van der Waals surface area (Å²) in [5, 5.41) is 9.93. The minimum atomic E-state index is -0.677. The molecular formula is C15H17N2O3+. The molecule has 0 unspecified atom stereocenters. The number of hydrogen-bond acceptors (Lipinski definition) is 3. The molecule has 0 aliphatic rings. The third-order valence-electron chi connectivity index (χ3n) is 2.75. The van der Waals surface area contributed by atoms with E-state index in [4.69, 9.17) is 10.5 Å². The maximum absolute atomic E-state index is 11.1. The number of rotatable bonds is 6. The van der Waals surface area contributed by atoms with E-state index in [-0.39, 0.29) is 6.61 Å². The van der Waals surface area contributed by atoms with Crippen molar-refractivity contribution in [3.05, 3.63) is 60.4 Å². The summed E-state index contributed by atoms with van der Waals surface area (Å²) in [5.41, 5.74) is 5.61. The molecule has 1 amide bonds. The maximum Gasteiger partial charge on any atom is 0.254 e. The SMILES string of the molecule is NC(=O)c1ccc[n+](C[C@@H](O)COc2ccccc2)c1. The Balaban J connectivity index is 1.89. The number of nitrogens with zero attached hydrogens (tertiary/aromatic N) is 1. The highest BCUT2D eigenvalue weighted by Crippen LogP contribution is 2.08. The van der Waals surface area contributed by atoms with Crippen molar-refractivity contribution < 1.29 is 19.2 Å². The van der Waals surface area contributed by atoms with Crippen LogP contribution in [0.2, 0.25) is 0 Å². The number of aromatic nitrogens is 1. The van der Waals surface area contributed by atoms with E-state index in [1.807, 2.05) is 30.3 Å². The van der Waals surface area contributed by atoms with Gasteiger partial charge in [0, 0.05) is 6.07 Å². The van der Waals surface area contributed by atoms with Gasteiger partial charge < -0.3 is 15.6 Å². The lowest BCUT2D eigenvalue weighted by Gasteiger charge is -2.10. The van der Waals surface area contributed by atoms with Gasteiger partial charge in [-0.2, -0.15) is 0 Å². The van der Waals surface area contributed by atoms with Gasteiger partial charge in [0.25, 0.3) is 5.91 Å². The number of ether oxygens (including phenoxy) is 1. The molecule has 0 bridgehead atoms. The first-order chi connectivity index (χ1) is 9.65. The van der Waals surface area contributed by atoms with Crippen molar-refractivity contribution in [3.8, 4) is 5.75 Å². The van der Waals surface area contributed by atoms with Crippen molar-refractivity contribution in [2.75, 3.05) is 6.61 Å². The molecule has 2 rings (SSSR count). The number of benzene rings is 1. The first kappa shape index (κ1) is 14.0. The number of pyridine rings is 1. The predicted octanol–water partition coefficient (Wildman–Crippen LogP) is 0.513. The fraction of sp³-hybridized carbons (Fsp3) is 0.200. The second-order valence-electron chi connectivity index (χ2n) is 4.43. The Labute approximate surface area is 117 Å². The van der Waals surface area contributed by atoms with E-state index in [9.17, 15) is 9.90 Å². The van der Waals surface area contributed by atoms with Crippen LogP contribution in [0.5, 0.6) is 5.75 Å². The normalized spacial score (nSPS) is 11.8. The highest BCUT2D eigenvalue weighted by Gasteiger charge is 2.13. The number of aliphatic hydroxyl groups excluding tert-OH is 1. The van der Waals surface area contributed by atoms with Crippen LogP contribution in [0.15, 0.2) is 54.9 Å². The molecule has 5 nitrogen and oxygen atoms in total. The molecule has 20 heavy (non-hydrogen) atoms. The fourth-order valence-corrected chi connectivity index (χ4v) is 1.79. The smallest absolute Gasteiger partial charge is 0.254 e. The van der Waals surface area contributed by atoms with Gasteiger partial charge in [-0.05, 0) is 18.2 Å². The Hall–Kier alpha value is -2.40. The first-order valence-corrected chi connectivity index (χ1v) is 6.30. The minimum absolute atomic E-state index is 0.178. The molecule has 0 saturated heterocycles. The number of carbonyl (C=O) groups excluding carboxylic acids is 1. The number of nitrogens with two attached hydrogens (primary N) is 1. The zero-order valence-corrected chi connectivity index (χ0v) is 11.0. The lowest BCUT2D eigenvalue weighted by Crippen LogP contribution is -2.42. The molecule has 0 aliphatic carbocycles. The molecule has 0 aliphatic heterocycles. The molecule has 1 atom stereocenters. The van der Waals surface area contributed by atoms with Gasteiger partial charge in [0.2, 0.25) is 0 Å². The number of amides is 1. The van der Waals surface area contributed by atoms with Crippen LogP contribution in [0.3, 0.4) is 0 Å². The Morgan fingerprint density at radius 2 is 2.00 bits per heavy atom. The van der Waals surface area contributed by atoms with E-state index in [2.05, 4.69) is 0 Å². The Morgan fingerprint density at radius 1 is 1.25 bits per heavy atom. The number of primary amides is 1. The second kappa shape index (κ2) is 6.68. The fourth-order valence-electron chi connectivity index (χ4n) is 1.79. The maximum atomic E-state index is 11.1. The van der Waals surface area contributed by atoms with Gasteiger partial charge in [-0.3, -0.25) is 4.79 Å². The quantitative estimate of drug-likeness (QED) is 0.753. The average Bonchev–Trinajstić information content (AvgIpc) is 2.46. The largest absolute Gasteiger partial charge is 0.491 e. The number of carbonyl (C=O) groups is 1. The van der Waals surface area contributed by atoms with Crippen molar-refractivity contribution in [3.63, 3.8) is 0 Å². The summed E-state index contributed by atoms with van der Waals surface area (Å²) in [6, 6.07) is 12.6. The molecule has 0 radical (unpaired) electrons. The van der Waals surface area contributed by atoms with Gasteiger partial charge in [0.05, 0.1) is 0 Å². The average molecular weight is 273 g/mol. The van der Waals surface area contributed by atoms with Crippen molar-refractivity contribution in [1.29, 1.82) is 0 Å². The highest BCUT2D eigenvalue weighted by atomic mass is 16.5. The first-order valence-electron chi connectivity index (χ1n) is 6.30. The molecule has 1 heterocycles. The van der Waals surface area contributed by atoms with Gasteiger partial charge in [0.1, 0.15) is 24.0 Å². The third-order valence-corrected chi connectivity index (χ3v) is 2.75. The summed E-state index contributed by atoms with van der Waals surface area (Å²) in [7, 11) is 0. The number of aliphatic hydroxyl groups is 1. The summed E-state index contributed by atoms with van der Waals surface area (Å²) in [6.07, 6.45) is 2.69. The van der Waals surface area contributed by atoms with Crippen LogP contribution in [0.25, 0.3) is 0 Å². The van der Waals surface area contributed by atoms with E-state index in [0.29, 0.717) is 17.9 Å². The predicted molar refractivity (Wildman–Crippen MR) is 73.1 cm³/mol. The van der Waals surface area contributed by atoms with Crippen LogP contribution in [0.1, 0.15) is 10.4 Å². The Kier molecular flexibility index (Phi) is 4.68. The third kappa shape index (κ3) is 4.07.